The zero-order valence-electron chi connectivity index (χ0n) is 9.99. The first-order valence-electron chi connectivity index (χ1n) is 5.51. The molecule has 3 heterocycles. The first kappa shape index (κ1) is 11.3. The molecule has 96 valence electrons. The van der Waals surface area contributed by atoms with Crippen LogP contribution in [0.25, 0.3) is 17.1 Å². The van der Waals surface area contributed by atoms with Crippen molar-refractivity contribution in [3.63, 3.8) is 0 Å². The lowest BCUT2D eigenvalue weighted by Crippen LogP contribution is -2.02. The van der Waals surface area contributed by atoms with E-state index in [1.54, 1.807) is 12.1 Å². The van der Waals surface area contributed by atoms with Crippen LogP contribution in [0.5, 0.6) is 0 Å². The van der Waals surface area contributed by atoms with Crippen molar-refractivity contribution in [3.8, 4) is 11.5 Å². The molecule has 0 spiro atoms. The lowest BCUT2D eigenvalue weighted by molar-refractivity contribution is 0.0690. The number of hydrogen-bond acceptors (Lipinski definition) is 5. The third-order valence-electron chi connectivity index (χ3n) is 2.67. The average molecular weight is 258 g/mol. The van der Waals surface area contributed by atoms with Crippen LogP contribution in [0.3, 0.4) is 0 Å². The van der Waals surface area contributed by atoms with Crippen molar-refractivity contribution in [1.29, 1.82) is 0 Å². The number of fused-ring (bicyclic) bond motifs is 1. The fraction of sp³-hybridized carbons (Fsp3) is 0.0833. The van der Waals surface area contributed by atoms with Gasteiger partial charge in [-0.25, -0.2) is 9.78 Å². The normalized spacial score (nSPS) is 11.0. The van der Waals surface area contributed by atoms with E-state index >= 15 is 0 Å². The zero-order chi connectivity index (χ0) is 13.6. The predicted octanol–water partition coefficient (Wildman–Crippen LogP) is 1.58. The Kier molecular flexibility index (Phi) is 2.28. The van der Waals surface area contributed by atoms with Crippen LogP contribution in [0.1, 0.15) is 16.2 Å². The maximum Gasteiger partial charge on any atom is 0.356 e. The number of aryl methyl sites for hydroxylation is 1. The number of carboxylic acid groups (broad SMARTS) is 1. The monoisotopic (exact) mass is 258 g/mol. The Balaban J connectivity index is 2.21. The van der Waals surface area contributed by atoms with Crippen LogP contribution in [-0.4, -0.2) is 25.7 Å². The number of nitrogens with zero attached hydrogens (tertiary/aromatic N) is 3. The predicted molar refractivity (Wildman–Crippen MR) is 66.8 cm³/mol. The maximum atomic E-state index is 10.9. The lowest BCUT2D eigenvalue weighted by atomic mass is 10.3. The molecule has 0 amide bonds. The summed E-state index contributed by atoms with van der Waals surface area (Å²) in [5.41, 5.74) is 6.64. The molecule has 0 bridgehead atoms. The highest BCUT2D eigenvalue weighted by Gasteiger charge is 2.14. The fourth-order valence-electron chi connectivity index (χ4n) is 1.80. The number of nitrogen functional groups attached to an aromatic ring is 1. The smallest absolute Gasteiger partial charge is 0.356 e. The molecule has 3 N–H and O–H groups in total. The Morgan fingerprint density at radius 2 is 2.21 bits per heavy atom. The van der Waals surface area contributed by atoms with Crippen molar-refractivity contribution in [2.24, 2.45) is 0 Å². The largest absolute Gasteiger partial charge is 0.476 e. The van der Waals surface area contributed by atoms with Gasteiger partial charge in [0, 0.05) is 12.1 Å². The van der Waals surface area contributed by atoms with Crippen LogP contribution < -0.4 is 5.73 Å². The number of rotatable bonds is 2. The van der Waals surface area contributed by atoms with Gasteiger partial charge in [-0.05, 0) is 19.1 Å². The third kappa shape index (κ3) is 1.81. The molecule has 3 aromatic heterocycles. The van der Waals surface area contributed by atoms with E-state index in [4.69, 9.17) is 15.3 Å². The molecule has 7 heteroatoms. The van der Waals surface area contributed by atoms with E-state index in [-0.39, 0.29) is 5.69 Å². The molecule has 0 atom stereocenters. The number of carbonyl (C=O) groups is 1. The van der Waals surface area contributed by atoms with Gasteiger partial charge in [0.2, 0.25) is 0 Å². The second-order valence-corrected chi connectivity index (χ2v) is 4.08. The molecule has 0 saturated carbocycles. The number of hydrogen-bond donors (Lipinski definition) is 2. The first-order valence-corrected chi connectivity index (χ1v) is 5.51. The van der Waals surface area contributed by atoms with E-state index in [0.29, 0.717) is 22.9 Å². The van der Waals surface area contributed by atoms with Gasteiger partial charge in [0.05, 0.1) is 0 Å². The van der Waals surface area contributed by atoms with Gasteiger partial charge in [-0.1, -0.05) is 0 Å². The molecule has 0 fully saturated rings. The first-order chi connectivity index (χ1) is 9.04. The van der Waals surface area contributed by atoms with Crippen molar-refractivity contribution >= 4 is 17.4 Å². The van der Waals surface area contributed by atoms with Gasteiger partial charge >= 0.3 is 5.97 Å². The van der Waals surface area contributed by atoms with Crippen LogP contribution in [0.2, 0.25) is 0 Å². The molecular formula is C12H10N4O3. The molecule has 7 nitrogen and oxygen atoms in total. The van der Waals surface area contributed by atoms with Crippen molar-refractivity contribution in [1.82, 2.24) is 14.6 Å². The van der Waals surface area contributed by atoms with Gasteiger partial charge in [0.1, 0.15) is 17.3 Å². The average Bonchev–Trinajstić information content (AvgIpc) is 2.95. The van der Waals surface area contributed by atoms with E-state index in [1.165, 1.54) is 10.6 Å². The second kappa shape index (κ2) is 3.84. The van der Waals surface area contributed by atoms with E-state index in [2.05, 4.69) is 10.1 Å². The molecule has 3 aromatic rings. The van der Waals surface area contributed by atoms with Crippen LogP contribution in [-0.2, 0) is 0 Å². The van der Waals surface area contributed by atoms with Gasteiger partial charge in [0.15, 0.2) is 17.1 Å². The van der Waals surface area contributed by atoms with Gasteiger partial charge in [-0.3, -0.25) is 0 Å². The number of furan rings is 1. The Hall–Kier alpha value is -2.83. The van der Waals surface area contributed by atoms with Gasteiger partial charge in [0.25, 0.3) is 0 Å². The number of aromatic carboxylic acids is 1. The fourth-order valence-corrected chi connectivity index (χ4v) is 1.80. The minimum Gasteiger partial charge on any atom is -0.476 e. The summed E-state index contributed by atoms with van der Waals surface area (Å²) in [4.78, 5) is 15.2. The van der Waals surface area contributed by atoms with Crippen LogP contribution >= 0.6 is 0 Å². The molecule has 0 aliphatic rings. The molecular weight excluding hydrogens is 248 g/mol. The van der Waals surface area contributed by atoms with E-state index in [1.807, 2.05) is 13.0 Å². The quantitative estimate of drug-likeness (QED) is 0.722. The number of nitrogens with two attached hydrogens (primary N) is 1. The highest BCUT2D eigenvalue weighted by molar-refractivity contribution is 5.87. The van der Waals surface area contributed by atoms with Crippen LogP contribution in [0, 0.1) is 6.92 Å². The molecule has 0 aliphatic carbocycles. The van der Waals surface area contributed by atoms with Gasteiger partial charge in [-0.2, -0.15) is 9.61 Å². The highest BCUT2D eigenvalue weighted by atomic mass is 16.4. The summed E-state index contributed by atoms with van der Waals surface area (Å²) in [6.07, 6.45) is 0. The summed E-state index contributed by atoms with van der Waals surface area (Å²) in [5.74, 6) is 0.501. The van der Waals surface area contributed by atoms with E-state index in [9.17, 15) is 4.79 Å². The maximum absolute atomic E-state index is 10.9. The summed E-state index contributed by atoms with van der Waals surface area (Å²) in [6, 6.07) is 6.54. The summed E-state index contributed by atoms with van der Waals surface area (Å²) in [5, 5.41) is 12.8. The van der Waals surface area contributed by atoms with Crippen molar-refractivity contribution in [2.45, 2.75) is 6.92 Å². The topological polar surface area (TPSA) is 107 Å². The molecule has 0 aliphatic heterocycles. The highest BCUT2D eigenvalue weighted by Crippen LogP contribution is 2.23. The summed E-state index contributed by atoms with van der Waals surface area (Å²) in [7, 11) is 0. The Morgan fingerprint density at radius 1 is 1.42 bits per heavy atom. The number of aromatic nitrogens is 3. The molecule has 0 aromatic carbocycles. The van der Waals surface area contributed by atoms with Gasteiger partial charge in [-0.15, -0.1) is 0 Å². The van der Waals surface area contributed by atoms with E-state index < -0.39 is 5.97 Å². The number of carboxylic acids is 1. The summed E-state index contributed by atoms with van der Waals surface area (Å²) < 4.78 is 6.74. The van der Waals surface area contributed by atoms with Crippen molar-refractivity contribution < 1.29 is 14.3 Å². The van der Waals surface area contributed by atoms with Gasteiger partial charge < -0.3 is 15.3 Å². The SMILES string of the molecule is Cc1ccc(-c2cc(N)n3nc(C(=O)O)cc3n2)o1. The third-order valence-corrected chi connectivity index (χ3v) is 2.67. The lowest BCUT2D eigenvalue weighted by Gasteiger charge is -2.01. The molecule has 0 unspecified atom stereocenters. The Bertz CT molecular complexity index is 787. The number of anilines is 1. The van der Waals surface area contributed by atoms with E-state index in [0.717, 1.165) is 5.76 Å². The summed E-state index contributed by atoms with van der Waals surface area (Å²) in [6.45, 7) is 1.83. The standard InChI is InChI=1S/C12H10N4O3/c1-6-2-3-9(19-6)7-4-10(13)16-11(14-7)5-8(15-16)12(17)18/h2-5H,13H2,1H3,(H,17,18). The molecule has 0 saturated heterocycles. The minimum absolute atomic E-state index is 0.105. The second-order valence-electron chi connectivity index (χ2n) is 4.08. The van der Waals surface area contributed by atoms with Crippen LogP contribution in [0.4, 0.5) is 5.82 Å². The summed E-state index contributed by atoms with van der Waals surface area (Å²) >= 11 is 0. The molecule has 19 heavy (non-hydrogen) atoms. The van der Waals surface area contributed by atoms with Crippen molar-refractivity contribution in [2.75, 3.05) is 5.73 Å². The Morgan fingerprint density at radius 3 is 2.84 bits per heavy atom. The molecule has 0 radical (unpaired) electrons. The zero-order valence-corrected chi connectivity index (χ0v) is 9.99. The van der Waals surface area contributed by atoms with Crippen molar-refractivity contribution in [3.05, 3.63) is 35.7 Å². The Labute approximate surface area is 107 Å². The van der Waals surface area contributed by atoms with Crippen LogP contribution in [0.15, 0.2) is 28.7 Å². The minimum atomic E-state index is -1.12. The molecule has 3 rings (SSSR count).